The summed E-state index contributed by atoms with van der Waals surface area (Å²) >= 11 is 2.13. The van der Waals surface area contributed by atoms with E-state index < -0.39 is 0 Å². The first-order chi connectivity index (χ1) is 7.18. The Labute approximate surface area is 98.0 Å². The van der Waals surface area contributed by atoms with Gasteiger partial charge in [0.2, 0.25) is 0 Å². The van der Waals surface area contributed by atoms with E-state index in [2.05, 4.69) is 30.6 Å². The highest BCUT2D eigenvalue weighted by Gasteiger charge is 2.32. The molecule has 88 valence electrons. The molecule has 2 nitrogen and oxygen atoms in total. The molecular formula is C12H24N2S. The average molecular weight is 228 g/mol. The smallest absolute Gasteiger partial charge is 0.0219 e. The zero-order chi connectivity index (χ0) is 10.8. The maximum atomic E-state index is 5.96. The van der Waals surface area contributed by atoms with Crippen molar-refractivity contribution in [1.29, 1.82) is 0 Å². The summed E-state index contributed by atoms with van der Waals surface area (Å²) < 4.78 is 0. The molecule has 15 heavy (non-hydrogen) atoms. The summed E-state index contributed by atoms with van der Waals surface area (Å²) in [4.78, 5) is 2.65. The number of nitrogens with zero attached hydrogens (tertiary/aromatic N) is 1. The summed E-state index contributed by atoms with van der Waals surface area (Å²) in [6.07, 6.45) is 6.45. The molecule has 2 atom stereocenters. The summed E-state index contributed by atoms with van der Waals surface area (Å²) in [7, 11) is 2.33. The lowest BCUT2D eigenvalue weighted by molar-refractivity contribution is 0.132. The van der Waals surface area contributed by atoms with Crippen LogP contribution in [0, 0.1) is 0 Å². The van der Waals surface area contributed by atoms with Crippen LogP contribution in [0.5, 0.6) is 0 Å². The monoisotopic (exact) mass is 228 g/mol. The predicted molar refractivity (Wildman–Crippen MR) is 68.3 cm³/mol. The van der Waals surface area contributed by atoms with Crippen LogP contribution in [0.25, 0.3) is 0 Å². The van der Waals surface area contributed by atoms with Crippen LogP contribution in [-0.4, -0.2) is 41.1 Å². The van der Waals surface area contributed by atoms with Crippen molar-refractivity contribution < 1.29 is 0 Å². The average Bonchev–Trinajstić information content (AvgIpc) is 2.65. The van der Waals surface area contributed by atoms with E-state index >= 15 is 0 Å². The molecule has 0 aromatic carbocycles. The molecule has 2 unspecified atom stereocenters. The predicted octanol–water partition coefficient (Wildman–Crippen LogP) is 2.08. The van der Waals surface area contributed by atoms with E-state index in [0.717, 1.165) is 17.3 Å². The molecule has 2 fully saturated rings. The lowest BCUT2D eigenvalue weighted by Crippen LogP contribution is -2.45. The van der Waals surface area contributed by atoms with Gasteiger partial charge in [0, 0.05) is 23.4 Å². The maximum absolute atomic E-state index is 5.96. The van der Waals surface area contributed by atoms with Crippen LogP contribution in [0.15, 0.2) is 0 Å². The second-order valence-corrected chi connectivity index (χ2v) is 6.65. The molecule has 2 aliphatic rings. The van der Waals surface area contributed by atoms with Crippen molar-refractivity contribution in [2.75, 3.05) is 12.8 Å². The molecule has 0 spiro atoms. The van der Waals surface area contributed by atoms with Gasteiger partial charge in [0.15, 0.2) is 0 Å². The van der Waals surface area contributed by atoms with Gasteiger partial charge in [-0.2, -0.15) is 11.8 Å². The molecule has 1 saturated heterocycles. The molecule has 2 N–H and O–H groups in total. The normalized spacial score (nSPS) is 42.4. The molecule has 3 heteroatoms. The van der Waals surface area contributed by atoms with Gasteiger partial charge in [-0.15, -0.1) is 0 Å². The third-order valence-electron chi connectivity index (χ3n) is 4.18. The fourth-order valence-electron chi connectivity index (χ4n) is 3.03. The Hall–Kier alpha value is 0.270. The molecule has 0 bridgehead atoms. The first-order valence-electron chi connectivity index (χ1n) is 6.27. The van der Waals surface area contributed by atoms with E-state index in [1.807, 2.05) is 0 Å². The molecule has 0 aromatic rings. The van der Waals surface area contributed by atoms with Crippen LogP contribution in [-0.2, 0) is 0 Å². The second kappa shape index (κ2) is 5.07. The Kier molecular flexibility index (Phi) is 3.97. The van der Waals surface area contributed by atoms with Gasteiger partial charge in [0.25, 0.3) is 0 Å². The SMILES string of the molecule is CC1SCCC1N(C)C1CCC(N)CC1. The summed E-state index contributed by atoms with van der Waals surface area (Å²) in [5.41, 5.74) is 5.96. The van der Waals surface area contributed by atoms with E-state index in [-0.39, 0.29) is 0 Å². The quantitative estimate of drug-likeness (QED) is 0.784. The first-order valence-corrected chi connectivity index (χ1v) is 7.32. The molecule has 0 aromatic heterocycles. The zero-order valence-electron chi connectivity index (χ0n) is 9.98. The minimum atomic E-state index is 0.477. The van der Waals surface area contributed by atoms with E-state index in [4.69, 9.17) is 5.73 Å². The highest BCUT2D eigenvalue weighted by molar-refractivity contribution is 8.00. The minimum Gasteiger partial charge on any atom is -0.328 e. The molecule has 2 rings (SSSR count). The van der Waals surface area contributed by atoms with Crippen LogP contribution >= 0.6 is 11.8 Å². The summed E-state index contributed by atoms with van der Waals surface area (Å²) in [5.74, 6) is 1.35. The molecule has 0 amide bonds. The number of hydrogen-bond donors (Lipinski definition) is 1. The second-order valence-electron chi connectivity index (χ2n) is 5.17. The molecule has 0 radical (unpaired) electrons. The van der Waals surface area contributed by atoms with Crippen molar-refractivity contribution in [3.8, 4) is 0 Å². The first kappa shape index (κ1) is 11.7. The Balaban J connectivity index is 1.87. The van der Waals surface area contributed by atoms with Gasteiger partial charge in [0.1, 0.15) is 0 Å². The Morgan fingerprint density at radius 1 is 1.13 bits per heavy atom. The van der Waals surface area contributed by atoms with Crippen LogP contribution in [0.4, 0.5) is 0 Å². The Bertz CT molecular complexity index is 202. The van der Waals surface area contributed by atoms with E-state index in [1.165, 1.54) is 37.9 Å². The number of hydrogen-bond acceptors (Lipinski definition) is 3. The van der Waals surface area contributed by atoms with Gasteiger partial charge >= 0.3 is 0 Å². The lowest BCUT2D eigenvalue weighted by Gasteiger charge is -2.38. The fraction of sp³-hybridized carbons (Fsp3) is 1.00. The number of rotatable bonds is 2. The van der Waals surface area contributed by atoms with E-state index in [0.29, 0.717) is 6.04 Å². The highest BCUT2D eigenvalue weighted by atomic mass is 32.2. The van der Waals surface area contributed by atoms with Crippen molar-refractivity contribution in [2.24, 2.45) is 5.73 Å². The largest absolute Gasteiger partial charge is 0.328 e. The van der Waals surface area contributed by atoms with E-state index in [9.17, 15) is 0 Å². The Morgan fingerprint density at radius 2 is 1.80 bits per heavy atom. The van der Waals surface area contributed by atoms with Gasteiger partial charge in [-0.05, 0) is 44.9 Å². The lowest BCUT2D eigenvalue weighted by atomic mass is 9.90. The van der Waals surface area contributed by atoms with Gasteiger partial charge < -0.3 is 5.73 Å². The van der Waals surface area contributed by atoms with Crippen molar-refractivity contribution in [3.63, 3.8) is 0 Å². The molecule has 1 aliphatic carbocycles. The van der Waals surface area contributed by atoms with Gasteiger partial charge in [-0.3, -0.25) is 4.90 Å². The number of thioether (sulfide) groups is 1. The van der Waals surface area contributed by atoms with Gasteiger partial charge in [-0.1, -0.05) is 6.92 Å². The molecule has 1 aliphatic heterocycles. The highest BCUT2D eigenvalue weighted by Crippen LogP contribution is 2.33. The topological polar surface area (TPSA) is 29.3 Å². The number of nitrogens with two attached hydrogens (primary N) is 1. The van der Waals surface area contributed by atoms with Crippen LogP contribution in [0.2, 0.25) is 0 Å². The third-order valence-corrected chi connectivity index (χ3v) is 5.49. The van der Waals surface area contributed by atoms with Crippen LogP contribution < -0.4 is 5.73 Å². The van der Waals surface area contributed by atoms with Gasteiger partial charge in [-0.25, -0.2) is 0 Å². The van der Waals surface area contributed by atoms with Crippen LogP contribution in [0.1, 0.15) is 39.0 Å². The van der Waals surface area contributed by atoms with Crippen molar-refractivity contribution in [3.05, 3.63) is 0 Å². The molecular weight excluding hydrogens is 204 g/mol. The standard InChI is InChI=1S/C12H24N2S/c1-9-12(7-8-15-9)14(2)11-5-3-10(13)4-6-11/h9-12H,3-8,13H2,1-2H3. The maximum Gasteiger partial charge on any atom is 0.0219 e. The zero-order valence-corrected chi connectivity index (χ0v) is 10.8. The van der Waals surface area contributed by atoms with E-state index in [1.54, 1.807) is 0 Å². The summed E-state index contributed by atoms with van der Waals surface area (Å²) in [6, 6.07) is 2.09. The Morgan fingerprint density at radius 3 is 2.33 bits per heavy atom. The van der Waals surface area contributed by atoms with Crippen molar-refractivity contribution in [2.45, 2.75) is 62.4 Å². The van der Waals surface area contributed by atoms with Gasteiger partial charge in [0.05, 0.1) is 0 Å². The summed E-state index contributed by atoms with van der Waals surface area (Å²) in [6.45, 7) is 2.38. The third kappa shape index (κ3) is 2.69. The van der Waals surface area contributed by atoms with Crippen molar-refractivity contribution in [1.82, 2.24) is 4.90 Å². The van der Waals surface area contributed by atoms with Crippen LogP contribution in [0.3, 0.4) is 0 Å². The molecule has 1 heterocycles. The summed E-state index contributed by atoms with van der Waals surface area (Å²) in [5, 5.41) is 0.825. The minimum absolute atomic E-state index is 0.477. The molecule has 1 saturated carbocycles. The van der Waals surface area contributed by atoms with Crippen molar-refractivity contribution >= 4 is 11.8 Å². The fourth-order valence-corrected chi connectivity index (χ4v) is 4.33.